The summed E-state index contributed by atoms with van der Waals surface area (Å²) >= 11 is 0. The van der Waals surface area contributed by atoms with Crippen LogP contribution in [0.1, 0.15) is 31.5 Å². The number of nitrogens with zero attached hydrogens (tertiary/aromatic N) is 6. The number of nitrogens with one attached hydrogen (secondary N) is 1. The van der Waals surface area contributed by atoms with E-state index in [2.05, 4.69) is 30.2 Å². The highest BCUT2D eigenvalue weighted by Crippen LogP contribution is 2.10. The lowest BCUT2D eigenvalue weighted by atomic mass is 10.2. The van der Waals surface area contributed by atoms with Crippen LogP contribution in [-0.2, 0) is 16.0 Å². The van der Waals surface area contributed by atoms with Gasteiger partial charge in [0.05, 0.1) is 19.8 Å². The number of guanidine groups is 1. The number of aromatic nitrogens is 2. The highest BCUT2D eigenvalue weighted by atomic mass is 16.5. The third-order valence-electron chi connectivity index (χ3n) is 5.23. The van der Waals surface area contributed by atoms with Crippen molar-refractivity contribution in [2.45, 2.75) is 26.2 Å². The van der Waals surface area contributed by atoms with Gasteiger partial charge in [-0.25, -0.2) is 0 Å². The number of rotatable bonds is 6. The van der Waals surface area contributed by atoms with E-state index in [0.29, 0.717) is 51.7 Å². The number of carbonyl (C=O) groups is 1. The van der Waals surface area contributed by atoms with Crippen molar-refractivity contribution in [2.24, 2.45) is 4.99 Å². The lowest BCUT2D eigenvalue weighted by molar-refractivity contribution is -0.136. The second-order valence-electron chi connectivity index (χ2n) is 7.68. The second-order valence-corrected chi connectivity index (χ2v) is 7.68. The van der Waals surface area contributed by atoms with E-state index in [4.69, 9.17) is 9.26 Å². The Morgan fingerprint density at radius 2 is 1.86 bits per heavy atom. The number of ether oxygens (including phenoxy) is 1. The van der Waals surface area contributed by atoms with E-state index < -0.39 is 0 Å². The van der Waals surface area contributed by atoms with Crippen LogP contribution in [0.4, 0.5) is 0 Å². The summed E-state index contributed by atoms with van der Waals surface area (Å²) < 4.78 is 10.6. The van der Waals surface area contributed by atoms with E-state index in [1.54, 1.807) is 7.05 Å². The van der Waals surface area contributed by atoms with Crippen molar-refractivity contribution in [2.75, 3.05) is 72.6 Å². The topological polar surface area (TPSA) is 99.3 Å². The van der Waals surface area contributed by atoms with Crippen molar-refractivity contribution in [3.63, 3.8) is 0 Å². The van der Waals surface area contributed by atoms with Crippen LogP contribution in [0.2, 0.25) is 0 Å². The molecule has 1 aromatic heterocycles. The molecule has 2 saturated heterocycles. The first-order valence-corrected chi connectivity index (χ1v) is 10.4. The van der Waals surface area contributed by atoms with Crippen molar-refractivity contribution >= 4 is 11.9 Å². The molecular weight excluding hydrogens is 374 g/mol. The molecule has 0 unspecified atom stereocenters. The van der Waals surface area contributed by atoms with E-state index in [1.807, 2.05) is 18.7 Å². The summed E-state index contributed by atoms with van der Waals surface area (Å²) in [6, 6.07) is 0. The molecule has 0 aliphatic carbocycles. The molecule has 1 amide bonds. The number of amides is 1. The molecule has 0 spiro atoms. The maximum atomic E-state index is 12.4. The Labute approximate surface area is 172 Å². The summed E-state index contributed by atoms with van der Waals surface area (Å²) in [6.45, 7) is 11.3. The van der Waals surface area contributed by atoms with Gasteiger partial charge in [0.2, 0.25) is 11.8 Å². The summed E-state index contributed by atoms with van der Waals surface area (Å²) in [5, 5.41) is 7.37. The average Bonchev–Trinajstić information content (AvgIpc) is 3.22. The SMILES string of the molecule is CN=C(NCCc1nc(C(C)C)no1)N1CCN(CC(=O)N2CCOCC2)CC1. The fourth-order valence-corrected chi connectivity index (χ4v) is 3.44. The lowest BCUT2D eigenvalue weighted by Gasteiger charge is -2.37. The van der Waals surface area contributed by atoms with Crippen LogP contribution in [0.15, 0.2) is 9.52 Å². The monoisotopic (exact) mass is 407 g/mol. The molecule has 0 radical (unpaired) electrons. The maximum absolute atomic E-state index is 12.4. The molecule has 10 heteroatoms. The van der Waals surface area contributed by atoms with Crippen molar-refractivity contribution in [3.05, 3.63) is 11.7 Å². The Kier molecular flexibility index (Phi) is 7.82. The molecule has 29 heavy (non-hydrogen) atoms. The van der Waals surface area contributed by atoms with Gasteiger partial charge in [0.15, 0.2) is 11.8 Å². The summed E-state index contributed by atoms with van der Waals surface area (Å²) in [7, 11) is 1.79. The van der Waals surface area contributed by atoms with Gasteiger partial charge in [-0.05, 0) is 0 Å². The van der Waals surface area contributed by atoms with Crippen LogP contribution in [0.25, 0.3) is 0 Å². The molecule has 3 heterocycles. The number of hydrogen-bond acceptors (Lipinski definition) is 7. The molecule has 2 aliphatic rings. The molecule has 1 N–H and O–H groups in total. The Balaban J connectivity index is 1.38. The van der Waals surface area contributed by atoms with Crippen molar-refractivity contribution in [1.82, 2.24) is 30.2 Å². The van der Waals surface area contributed by atoms with E-state index in [0.717, 1.165) is 38.0 Å². The second kappa shape index (κ2) is 10.5. The van der Waals surface area contributed by atoms with E-state index in [-0.39, 0.29) is 11.8 Å². The third-order valence-corrected chi connectivity index (χ3v) is 5.23. The molecule has 0 saturated carbocycles. The average molecular weight is 408 g/mol. The Morgan fingerprint density at radius 3 is 2.48 bits per heavy atom. The van der Waals surface area contributed by atoms with Gasteiger partial charge in [0.25, 0.3) is 0 Å². The van der Waals surface area contributed by atoms with Crippen LogP contribution in [0.3, 0.4) is 0 Å². The van der Waals surface area contributed by atoms with Gasteiger partial charge >= 0.3 is 0 Å². The predicted molar refractivity (Wildman–Crippen MR) is 109 cm³/mol. The number of aliphatic imine (C=N–C) groups is 1. The zero-order valence-corrected chi connectivity index (χ0v) is 17.8. The third kappa shape index (κ3) is 6.14. The summed E-state index contributed by atoms with van der Waals surface area (Å²) in [6.07, 6.45) is 0.659. The quantitative estimate of drug-likeness (QED) is 0.511. The number of piperazine rings is 1. The van der Waals surface area contributed by atoms with Crippen LogP contribution in [0.5, 0.6) is 0 Å². The van der Waals surface area contributed by atoms with Crippen molar-refractivity contribution in [3.8, 4) is 0 Å². The summed E-state index contributed by atoms with van der Waals surface area (Å²) in [5.74, 6) is 2.72. The minimum absolute atomic E-state index is 0.199. The Morgan fingerprint density at radius 1 is 1.14 bits per heavy atom. The zero-order chi connectivity index (χ0) is 20.6. The maximum Gasteiger partial charge on any atom is 0.236 e. The van der Waals surface area contributed by atoms with Crippen LogP contribution in [0, 0.1) is 0 Å². The fraction of sp³-hybridized carbons (Fsp3) is 0.789. The van der Waals surface area contributed by atoms with E-state index >= 15 is 0 Å². The number of morpholine rings is 1. The van der Waals surface area contributed by atoms with E-state index in [9.17, 15) is 4.79 Å². The van der Waals surface area contributed by atoms with Crippen molar-refractivity contribution < 1.29 is 14.1 Å². The Bertz CT molecular complexity index is 677. The molecule has 0 atom stereocenters. The molecule has 10 nitrogen and oxygen atoms in total. The van der Waals surface area contributed by atoms with Gasteiger partial charge in [-0.2, -0.15) is 4.98 Å². The van der Waals surface area contributed by atoms with Crippen LogP contribution >= 0.6 is 0 Å². The first-order valence-electron chi connectivity index (χ1n) is 10.4. The molecule has 2 aliphatic heterocycles. The standard InChI is InChI=1S/C19H33N7O3/c1-15(2)18-22-16(29-23-18)4-5-21-19(20-3)26-8-6-24(7-9-26)14-17(27)25-10-12-28-13-11-25/h15H,4-14H2,1-3H3,(H,20,21). The normalized spacial score (nSPS) is 19.1. The smallest absolute Gasteiger partial charge is 0.236 e. The molecule has 2 fully saturated rings. The fourth-order valence-electron chi connectivity index (χ4n) is 3.44. The first-order chi connectivity index (χ1) is 14.1. The van der Waals surface area contributed by atoms with Gasteiger partial charge in [0, 0.05) is 65.2 Å². The minimum Gasteiger partial charge on any atom is -0.378 e. The van der Waals surface area contributed by atoms with Gasteiger partial charge in [-0.15, -0.1) is 0 Å². The molecule has 0 aromatic carbocycles. The largest absolute Gasteiger partial charge is 0.378 e. The van der Waals surface area contributed by atoms with Crippen molar-refractivity contribution in [1.29, 1.82) is 0 Å². The highest BCUT2D eigenvalue weighted by molar-refractivity contribution is 5.80. The number of carbonyl (C=O) groups excluding carboxylic acids is 1. The van der Waals surface area contributed by atoms with Gasteiger partial charge in [0.1, 0.15) is 0 Å². The van der Waals surface area contributed by atoms with Crippen LogP contribution < -0.4 is 5.32 Å². The van der Waals surface area contributed by atoms with Gasteiger partial charge in [-0.1, -0.05) is 19.0 Å². The van der Waals surface area contributed by atoms with Crippen LogP contribution in [-0.4, -0.2) is 109 Å². The summed E-state index contributed by atoms with van der Waals surface area (Å²) in [5.41, 5.74) is 0. The first kappa shape index (κ1) is 21.5. The number of hydrogen-bond donors (Lipinski definition) is 1. The highest BCUT2D eigenvalue weighted by Gasteiger charge is 2.24. The molecular formula is C19H33N7O3. The molecule has 1 aromatic rings. The van der Waals surface area contributed by atoms with Gasteiger partial charge < -0.3 is 24.4 Å². The van der Waals surface area contributed by atoms with E-state index in [1.165, 1.54) is 0 Å². The summed E-state index contributed by atoms with van der Waals surface area (Å²) in [4.78, 5) is 27.6. The minimum atomic E-state index is 0.199. The molecule has 3 rings (SSSR count). The molecule has 162 valence electrons. The zero-order valence-electron chi connectivity index (χ0n) is 17.8. The lowest BCUT2D eigenvalue weighted by Crippen LogP contribution is -2.55. The Hall–Kier alpha value is -2.20. The van der Waals surface area contributed by atoms with Gasteiger partial charge in [-0.3, -0.25) is 14.7 Å². The molecule has 0 bridgehead atoms. The predicted octanol–water partition coefficient (Wildman–Crippen LogP) is -0.213.